The highest BCUT2D eigenvalue weighted by atomic mass is 32.2. The minimum Gasteiger partial charge on any atom is -0.328 e. The summed E-state index contributed by atoms with van der Waals surface area (Å²) >= 11 is 0. The van der Waals surface area contributed by atoms with Crippen molar-refractivity contribution in [3.63, 3.8) is 0 Å². The summed E-state index contributed by atoms with van der Waals surface area (Å²) < 4.78 is 24.3. The Hall–Kier alpha value is -1.89. The first-order chi connectivity index (χ1) is 7.93. The Labute approximate surface area is 98.3 Å². The first kappa shape index (κ1) is 11.6. The zero-order valence-corrected chi connectivity index (χ0v) is 9.82. The maximum atomic E-state index is 12.0. The summed E-state index contributed by atoms with van der Waals surface area (Å²) in [4.78, 5) is 22.5. The van der Waals surface area contributed by atoms with E-state index >= 15 is 0 Å². The maximum absolute atomic E-state index is 12.0. The minimum absolute atomic E-state index is 0.0755. The fourth-order valence-corrected chi connectivity index (χ4v) is 2.77. The molecule has 1 aromatic carbocycles. The number of nitrogens with zero attached hydrogens (tertiary/aromatic N) is 1. The van der Waals surface area contributed by atoms with E-state index in [1.807, 2.05) is 6.92 Å². The molecular weight excluding hydrogens is 244 g/mol. The van der Waals surface area contributed by atoms with Gasteiger partial charge in [-0.1, -0.05) is 17.7 Å². The number of urea groups is 1. The summed E-state index contributed by atoms with van der Waals surface area (Å²) in [7, 11) is -4.08. The molecule has 1 aromatic rings. The van der Waals surface area contributed by atoms with Crippen LogP contribution in [0.15, 0.2) is 29.2 Å². The van der Waals surface area contributed by atoms with Crippen LogP contribution in [0.3, 0.4) is 0 Å². The van der Waals surface area contributed by atoms with Gasteiger partial charge in [-0.15, -0.1) is 4.31 Å². The molecule has 1 fully saturated rings. The molecule has 2 rings (SSSR count). The highest BCUT2D eigenvalue weighted by molar-refractivity contribution is 7.90. The molecule has 1 aliphatic heterocycles. The van der Waals surface area contributed by atoms with Crippen LogP contribution in [0.25, 0.3) is 0 Å². The van der Waals surface area contributed by atoms with Crippen LogP contribution in [-0.2, 0) is 14.8 Å². The van der Waals surface area contributed by atoms with E-state index in [-0.39, 0.29) is 15.7 Å². The average molecular weight is 254 g/mol. The van der Waals surface area contributed by atoms with Crippen molar-refractivity contribution in [2.75, 3.05) is 6.54 Å². The van der Waals surface area contributed by atoms with Gasteiger partial charge in [0.15, 0.2) is 0 Å². The van der Waals surface area contributed by atoms with E-state index in [9.17, 15) is 18.0 Å². The number of amides is 3. The molecule has 1 N–H and O–H groups in total. The monoisotopic (exact) mass is 254 g/mol. The van der Waals surface area contributed by atoms with Crippen LogP contribution in [0.5, 0.6) is 0 Å². The fraction of sp³-hybridized carbons (Fsp3) is 0.200. The standard InChI is InChI=1S/C10H10N2O4S/c1-7-2-4-8(5-3-7)17(15,16)12-9(13)6-11-10(12)14/h2-5H,6H2,1H3,(H,11,14). The number of rotatable bonds is 2. The zero-order valence-electron chi connectivity index (χ0n) is 9.00. The maximum Gasteiger partial charge on any atom is 0.338 e. The van der Waals surface area contributed by atoms with Gasteiger partial charge in [-0.3, -0.25) is 4.79 Å². The van der Waals surface area contributed by atoms with Gasteiger partial charge in [0.25, 0.3) is 15.9 Å². The molecule has 0 atom stereocenters. The quantitative estimate of drug-likeness (QED) is 0.766. The van der Waals surface area contributed by atoms with Crippen LogP contribution in [0.4, 0.5) is 4.79 Å². The molecule has 1 heterocycles. The molecule has 0 saturated carbocycles. The Morgan fingerprint density at radius 2 is 1.76 bits per heavy atom. The summed E-state index contributed by atoms with van der Waals surface area (Å²) in [6.45, 7) is 1.52. The van der Waals surface area contributed by atoms with E-state index in [0.29, 0.717) is 0 Å². The van der Waals surface area contributed by atoms with Crippen molar-refractivity contribution in [2.45, 2.75) is 11.8 Å². The molecule has 17 heavy (non-hydrogen) atoms. The van der Waals surface area contributed by atoms with Crippen molar-refractivity contribution in [3.05, 3.63) is 29.8 Å². The minimum atomic E-state index is -4.08. The number of imide groups is 1. The number of nitrogens with one attached hydrogen (secondary N) is 1. The number of carbonyl (C=O) groups is 2. The Bertz CT molecular complexity index is 561. The van der Waals surface area contributed by atoms with Crippen molar-refractivity contribution in [1.82, 2.24) is 9.62 Å². The van der Waals surface area contributed by atoms with E-state index in [1.165, 1.54) is 12.1 Å². The third-order valence-corrected chi connectivity index (χ3v) is 4.08. The van der Waals surface area contributed by atoms with Crippen LogP contribution in [0.2, 0.25) is 0 Å². The summed E-state index contributed by atoms with van der Waals surface area (Å²) in [6, 6.07) is 5.03. The van der Waals surface area contributed by atoms with Gasteiger partial charge in [0.2, 0.25) is 0 Å². The number of carbonyl (C=O) groups excluding carboxylic acids is 2. The summed E-state index contributed by atoms with van der Waals surface area (Å²) in [5.74, 6) is -0.768. The number of aryl methyl sites for hydroxylation is 1. The molecule has 0 bridgehead atoms. The van der Waals surface area contributed by atoms with E-state index in [0.717, 1.165) is 5.56 Å². The number of sulfonamides is 1. The first-order valence-electron chi connectivity index (χ1n) is 4.85. The van der Waals surface area contributed by atoms with Gasteiger partial charge in [0, 0.05) is 0 Å². The van der Waals surface area contributed by atoms with Gasteiger partial charge in [-0.05, 0) is 19.1 Å². The highest BCUT2D eigenvalue weighted by Gasteiger charge is 2.39. The molecule has 7 heteroatoms. The smallest absolute Gasteiger partial charge is 0.328 e. The SMILES string of the molecule is Cc1ccc(S(=O)(=O)N2C(=O)CNC2=O)cc1. The zero-order chi connectivity index (χ0) is 12.6. The lowest BCUT2D eigenvalue weighted by Gasteiger charge is -2.12. The summed E-state index contributed by atoms with van der Waals surface area (Å²) in [5.41, 5.74) is 0.890. The lowest BCUT2D eigenvalue weighted by molar-refractivity contribution is -0.121. The molecule has 0 unspecified atom stereocenters. The van der Waals surface area contributed by atoms with Crippen molar-refractivity contribution < 1.29 is 18.0 Å². The van der Waals surface area contributed by atoms with Gasteiger partial charge in [0.05, 0.1) is 4.90 Å². The van der Waals surface area contributed by atoms with Crippen LogP contribution in [0.1, 0.15) is 5.56 Å². The Kier molecular flexibility index (Phi) is 2.62. The van der Waals surface area contributed by atoms with Gasteiger partial charge in [-0.2, -0.15) is 0 Å². The molecule has 0 aliphatic carbocycles. The van der Waals surface area contributed by atoms with E-state index < -0.39 is 22.0 Å². The second-order valence-electron chi connectivity index (χ2n) is 3.63. The Morgan fingerprint density at radius 1 is 1.18 bits per heavy atom. The Balaban J connectivity index is 2.46. The van der Waals surface area contributed by atoms with E-state index in [1.54, 1.807) is 12.1 Å². The molecule has 0 spiro atoms. The van der Waals surface area contributed by atoms with Crippen LogP contribution in [0, 0.1) is 6.92 Å². The van der Waals surface area contributed by atoms with Gasteiger partial charge >= 0.3 is 6.03 Å². The van der Waals surface area contributed by atoms with E-state index in [2.05, 4.69) is 5.32 Å². The van der Waals surface area contributed by atoms with Crippen molar-refractivity contribution in [3.8, 4) is 0 Å². The summed E-state index contributed by atoms with van der Waals surface area (Å²) in [5, 5.41) is 2.16. The summed E-state index contributed by atoms with van der Waals surface area (Å²) in [6.07, 6.45) is 0. The molecular formula is C10H10N2O4S. The predicted octanol–water partition coefficient (Wildman–Crippen LogP) is 0.236. The van der Waals surface area contributed by atoms with E-state index in [4.69, 9.17) is 0 Å². The molecule has 0 radical (unpaired) electrons. The molecule has 1 aliphatic rings. The van der Waals surface area contributed by atoms with Crippen LogP contribution in [-0.4, -0.2) is 31.2 Å². The fourth-order valence-electron chi connectivity index (χ4n) is 1.47. The second kappa shape index (κ2) is 3.85. The molecule has 6 nitrogen and oxygen atoms in total. The second-order valence-corrected chi connectivity index (χ2v) is 5.42. The van der Waals surface area contributed by atoms with Crippen LogP contribution < -0.4 is 5.32 Å². The molecule has 90 valence electrons. The first-order valence-corrected chi connectivity index (χ1v) is 6.29. The highest BCUT2D eigenvalue weighted by Crippen LogP contribution is 2.18. The van der Waals surface area contributed by atoms with Crippen molar-refractivity contribution in [1.29, 1.82) is 0 Å². The average Bonchev–Trinajstić information content (AvgIpc) is 2.59. The Morgan fingerprint density at radius 3 is 2.24 bits per heavy atom. The predicted molar refractivity (Wildman–Crippen MR) is 58.6 cm³/mol. The lowest BCUT2D eigenvalue weighted by atomic mass is 10.2. The van der Waals surface area contributed by atoms with Gasteiger partial charge in [0.1, 0.15) is 6.54 Å². The van der Waals surface area contributed by atoms with Gasteiger partial charge < -0.3 is 5.32 Å². The molecule has 0 aromatic heterocycles. The van der Waals surface area contributed by atoms with Crippen molar-refractivity contribution in [2.24, 2.45) is 0 Å². The van der Waals surface area contributed by atoms with Crippen LogP contribution >= 0.6 is 0 Å². The number of hydrogen-bond donors (Lipinski definition) is 1. The molecule has 3 amide bonds. The van der Waals surface area contributed by atoms with Gasteiger partial charge in [-0.25, -0.2) is 13.2 Å². The molecule has 1 saturated heterocycles. The normalized spacial score (nSPS) is 16.2. The third kappa shape index (κ3) is 1.89. The number of hydrogen-bond acceptors (Lipinski definition) is 4. The number of benzene rings is 1. The third-order valence-electron chi connectivity index (χ3n) is 2.36. The largest absolute Gasteiger partial charge is 0.338 e. The van der Waals surface area contributed by atoms with Crippen molar-refractivity contribution >= 4 is 22.0 Å². The topological polar surface area (TPSA) is 83.6 Å². The lowest BCUT2D eigenvalue weighted by Crippen LogP contribution is -2.36.